The number of hydrogen-bond acceptors (Lipinski definition) is 1. The fourth-order valence-electron chi connectivity index (χ4n) is 3.94. The van der Waals surface area contributed by atoms with Crippen molar-refractivity contribution in [2.45, 2.75) is 51.9 Å². The normalized spacial score (nSPS) is 24.2. The minimum Gasteiger partial charge on any atom is -0.504 e. The summed E-state index contributed by atoms with van der Waals surface area (Å²) < 4.78 is 15.1. The van der Waals surface area contributed by atoms with Crippen molar-refractivity contribution in [1.29, 1.82) is 0 Å². The van der Waals surface area contributed by atoms with Crippen LogP contribution >= 0.6 is 27.5 Å². The van der Waals surface area contributed by atoms with Gasteiger partial charge in [0, 0.05) is 0 Å². The maximum Gasteiger partial charge on any atom is 0.170 e. The summed E-state index contributed by atoms with van der Waals surface area (Å²) in [4.78, 5) is 0. The third kappa shape index (κ3) is 2.33. The van der Waals surface area contributed by atoms with Gasteiger partial charge in [0.1, 0.15) is 0 Å². The van der Waals surface area contributed by atoms with Crippen LogP contribution in [-0.2, 0) is 6.42 Å². The molecule has 0 radical (unpaired) electrons. The highest BCUT2D eigenvalue weighted by atomic mass is 79.9. The Morgan fingerprint density at radius 2 is 2.10 bits per heavy atom. The zero-order valence-electron chi connectivity index (χ0n) is 12.1. The van der Waals surface area contributed by atoms with E-state index in [0.717, 1.165) is 43.2 Å². The molecule has 3 rings (SSSR count). The number of allylic oxidation sites excluding steroid dienone is 2. The molecule has 1 unspecified atom stereocenters. The number of fused-ring (bicyclic) bond motifs is 3. The first-order valence-corrected chi connectivity index (χ1v) is 8.76. The van der Waals surface area contributed by atoms with Crippen molar-refractivity contribution in [3.05, 3.63) is 32.5 Å². The lowest BCUT2D eigenvalue weighted by Gasteiger charge is -2.38. The molecule has 1 nitrogen and oxygen atoms in total. The van der Waals surface area contributed by atoms with Crippen LogP contribution in [0.2, 0.25) is 5.02 Å². The molecule has 0 aromatic heterocycles. The first kappa shape index (κ1) is 15.4. The van der Waals surface area contributed by atoms with Crippen molar-refractivity contribution in [3.8, 4) is 5.75 Å². The quantitative estimate of drug-likeness (QED) is 0.668. The van der Waals surface area contributed by atoms with E-state index in [1.807, 2.05) is 0 Å². The van der Waals surface area contributed by atoms with Gasteiger partial charge in [-0.25, -0.2) is 4.39 Å². The predicted octanol–water partition coefficient (Wildman–Crippen LogP) is 6.21. The molecule has 0 saturated heterocycles. The van der Waals surface area contributed by atoms with E-state index in [1.165, 1.54) is 29.0 Å². The van der Waals surface area contributed by atoms with Crippen molar-refractivity contribution in [2.75, 3.05) is 0 Å². The zero-order valence-corrected chi connectivity index (χ0v) is 14.5. The van der Waals surface area contributed by atoms with Crippen molar-refractivity contribution < 1.29 is 9.50 Å². The van der Waals surface area contributed by atoms with Gasteiger partial charge in [0.2, 0.25) is 0 Å². The Morgan fingerprint density at radius 3 is 2.81 bits per heavy atom. The monoisotopic (exact) mass is 372 g/mol. The molecule has 114 valence electrons. The van der Waals surface area contributed by atoms with E-state index in [2.05, 4.69) is 22.9 Å². The maximum absolute atomic E-state index is 14.0. The van der Waals surface area contributed by atoms with Crippen molar-refractivity contribution in [3.63, 3.8) is 0 Å². The van der Waals surface area contributed by atoms with Gasteiger partial charge in [-0.3, -0.25) is 0 Å². The van der Waals surface area contributed by atoms with Crippen LogP contribution in [0.25, 0.3) is 5.57 Å². The molecule has 21 heavy (non-hydrogen) atoms. The molecule has 1 atom stereocenters. The Hall–Kier alpha value is -0.540. The average molecular weight is 374 g/mol. The Morgan fingerprint density at radius 1 is 1.38 bits per heavy atom. The topological polar surface area (TPSA) is 20.2 Å². The molecule has 0 spiro atoms. The van der Waals surface area contributed by atoms with Gasteiger partial charge in [0.15, 0.2) is 11.6 Å². The maximum atomic E-state index is 14.0. The highest BCUT2D eigenvalue weighted by Gasteiger charge is 2.44. The second-order valence-electron chi connectivity index (χ2n) is 6.21. The van der Waals surface area contributed by atoms with Gasteiger partial charge in [0.25, 0.3) is 0 Å². The standard InChI is InChI=1S/C17H19BrClFO/c1-2-3-6-17-7-4-10-11(14(17)12(18)5-8-17)9-13(20)16(21)15(10)19/h9,21H,2-8H2,1H3. The highest BCUT2D eigenvalue weighted by Crippen LogP contribution is 2.60. The van der Waals surface area contributed by atoms with Crippen LogP contribution in [0.1, 0.15) is 56.6 Å². The zero-order chi connectivity index (χ0) is 15.2. The second kappa shape index (κ2) is 5.58. The lowest BCUT2D eigenvalue weighted by atomic mass is 9.66. The van der Waals surface area contributed by atoms with Crippen LogP contribution in [0.15, 0.2) is 10.5 Å². The number of rotatable bonds is 3. The van der Waals surface area contributed by atoms with Gasteiger partial charge < -0.3 is 5.11 Å². The molecule has 1 N–H and O–H groups in total. The Bertz CT molecular complexity index is 626. The third-order valence-corrected chi connectivity index (χ3v) is 6.25. The van der Waals surface area contributed by atoms with Gasteiger partial charge in [-0.15, -0.1) is 0 Å². The summed E-state index contributed by atoms with van der Waals surface area (Å²) in [7, 11) is 0. The van der Waals surface area contributed by atoms with Crippen molar-refractivity contribution >= 4 is 33.1 Å². The van der Waals surface area contributed by atoms with E-state index >= 15 is 0 Å². The minimum absolute atomic E-state index is 0.161. The number of benzene rings is 1. The Kier molecular flexibility index (Phi) is 4.08. The third-order valence-electron chi connectivity index (χ3n) is 5.05. The summed E-state index contributed by atoms with van der Waals surface area (Å²) in [6, 6.07) is 1.47. The molecule has 2 aliphatic rings. The molecule has 0 heterocycles. The summed E-state index contributed by atoms with van der Waals surface area (Å²) in [5.41, 5.74) is 3.20. The summed E-state index contributed by atoms with van der Waals surface area (Å²) in [6.45, 7) is 2.20. The van der Waals surface area contributed by atoms with Crippen LogP contribution in [-0.4, -0.2) is 5.11 Å². The van der Waals surface area contributed by atoms with E-state index in [0.29, 0.717) is 0 Å². The lowest BCUT2D eigenvalue weighted by molar-refractivity contribution is 0.313. The van der Waals surface area contributed by atoms with E-state index in [4.69, 9.17) is 11.6 Å². The highest BCUT2D eigenvalue weighted by molar-refractivity contribution is 9.11. The van der Waals surface area contributed by atoms with Gasteiger partial charge >= 0.3 is 0 Å². The van der Waals surface area contributed by atoms with Crippen LogP contribution < -0.4 is 0 Å². The summed E-state index contributed by atoms with van der Waals surface area (Å²) in [5.74, 6) is -1.03. The van der Waals surface area contributed by atoms with Crippen LogP contribution in [0.4, 0.5) is 4.39 Å². The molecular weight excluding hydrogens is 355 g/mol. The molecule has 0 fully saturated rings. The number of hydrogen-bond donors (Lipinski definition) is 1. The van der Waals surface area contributed by atoms with E-state index in [1.54, 1.807) is 0 Å². The van der Waals surface area contributed by atoms with E-state index < -0.39 is 11.6 Å². The summed E-state index contributed by atoms with van der Waals surface area (Å²) >= 11 is 9.87. The Balaban J connectivity index is 2.15. The molecule has 4 heteroatoms. The first-order chi connectivity index (χ1) is 10.00. The number of aromatic hydroxyl groups is 1. The molecular formula is C17H19BrClFO. The van der Waals surface area contributed by atoms with Crippen LogP contribution in [0.3, 0.4) is 0 Å². The largest absolute Gasteiger partial charge is 0.504 e. The number of unbranched alkanes of at least 4 members (excludes halogenated alkanes) is 1. The van der Waals surface area contributed by atoms with Gasteiger partial charge in [-0.2, -0.15) is 0 Å². The molecule has 0 saturated carbocycles. The number of halogens is 3. The SMILES string of the molecule is CCCCC12CCC(Br)=C1c1cc(F)c(O)c(Cl)c1CC2. The molecule has 2 aliphatic carbocycles. The molecule has 1 aromatic rings. The van der Waals surface area contributed by atoms with Gasteiger partial charge in [0.05, 0.1) is 5.02 Å². The predicted molar refractivity (Wildman–Crippen MR) is 88.4 cm³/mol. The van der Waals surface area contributed by atoms with Crippen molar-refractivity contribution in [1.82, 2.24) is 0 Å². The van der Waals surface area contributed by atoms with Crippen LogP contribution in [0.5, 0.6) is 5.75 Å². The molecule has 0 amide bonds. The van der Waals surface area contributed by atoms with E-state index in [9.17, 15) is 9.50 Å². The van der Waals surface area contributed by atoms with Crippen LogP contribution in [0, 0.1) is 11.2 Å². The van der Waals surface area contributed by atoms with E-state index in [-0.39, 0.29) is 10.4 Å². The minimum atomic E-state index is -0.621. The molecule has 1 aromatic carbocycles. The van der Waals surface area contributed by atoms with Gasteiger partial charge in [-0.05, 0) is 64.8 Å². The Labute approximate surface area is 138 Å². The second-order valence-corrected chi connectivity index (χ2v) is 7.55. The average Bonchev–Trinajstić information content (AvgIpc) is 2.81. The molecule has 0 bridgehead atoms. The summed E-state index contributed by atoms with van der Waals surface area (Å²) in [5, 5.41) is 9.93. The number of phenolic OH excluding ortho intramolecular Hbond substituents is 1. The summed E-state index contributed by atoms with van der Waals surface area (Å²) in [6.07, 6.45) is 7.50. The number of phenols is 1. The lowest BCUT2D eigenvalue weighted by Crippen LogP contribution is -2.25. The molecule has 0 aliphatic heterocycles. The first-order valence-electron chi connectivity index (χ1n) is 7.59. The fraction of sp³-hybridized carbons (Fsp3) is 0.529. The fourth-order valence-corrected chi connectivity index (χ4v) is 5.06. The van der Waals surface area contributed by atoms with Gasteiger partial charge in [-0.1, -0.05) is 47.3 Å². The van der Waals surface area contributed by atoms with Crippen molar-refractivity contribution in [2.24, 2.45) is 5.41 Å². The smallest absolute Gasteiger partial charge is 0.170 e.